The van der Waals surface area contributed by atoms with Crippen LogP contribution in [-0.4, -0.2) is 49.1 Å². The molecule has 4 heteroatoms. The predicted octanol–water partition coefficient (Wildman–Crippen LogP) is 1.37. The lowest BCUT2D eigenvalue weighted by atomic mass is 9.89. The van der Waals surface area contributed by atoms with Crippen molar-refractivity contribution in [3.05, 3.63) is 0 Å². The summed E-state index contributed by atoms with van der Waals surface area (Å²) in [7, 11) is 0. The van der Waals surface area contributed by atoms with Crippen LogP contribution >= 0.6 is 0 Å². The van der Waals surface area contributed by atoms with Crippen LogP contribution in [0.25, 0.3) is 0 Å². The maximum absolute atomic E-state index is 12.1. The Balaban J connectivity index is 1.91. The minimum Gasteiger partial charge on any atom is -0.355 e. The molecule has 2 saturated heterocycles. The standard InChI is InChI=1S/C15H29N3O/c1-3-8-17-15(19)12(2)18-10-5-7-14(18)13-6-4-9-16-11-13/h12-14,16H,3-11H2,1-2H3,(H,17,19). The molecule has 2 rings (SSSR count). The Hall–Kier alpha value is -0.610. The molecule has 0 radical (unpaired) electrons. The summed E-state index contributed by atoms with van der Waals surface area (Å²) in [6.07, 6.45) is 6.11. The fourth-order valence-electron chi connectivity index (χ4n) is 3.56. The molecule has 0 aliphatic carbocycles. The Morgan fingerprint density at radius 2 is 2.26 bits per heavy atom. The van der Waals surface area contributed by atoms with E-state index in [1.165, 1.54) is 25.7 Å². The Morgan fingerprint density at radius 3 is 2.95 bits per heavy atom. The summed E-state index contributed by atoms with van der Waals surface area (Å²) in [5.74, 6) is 0.940. The van der Waals surface area contributed by atoms with E-state index in [1.54, 1.807) is 0 Å². The third-order valence-electron chi connectivity index (χ3n) is 4.65. The molecular formula is C15H29N3O. The maximum Gasteiger partial charge on any atom is 0.237 e. The lowest BCUT2D eigenvalue weighted by Crippen LogP contribution is -2.51. The molecule has 2 heterocycles. The van der Waals surface area contributed by atoms with Crippen molar-refractivity contribution in [1.82, 2.24) is 15.5 Å². The van der Waals surface area contributed by atoms with Crippen molar-refractivity contribution in [3.63, 3.8) is 0 Å². The SMILES string of the molecule is CCCNC(=O)C(C)N1CCCC1C1CCCNC1. The fourth-order valence-corrected chi connectivity index (χ4v) is 3.56. The first-order valence-corrected chi connectivity index (χ1v) is 7.98. The van der Waals surface area contributed by atoms with E-state index in [1.807, 2.05) is 0 Å². The monoisotopic (exact) mass is 267 g/mol. The highest BCUT2D eigenvalue weighted by Gasteiger charge is 2.36. The molecule has 0 aromatic heterocycles. The van der Waals surface area contributed by atoms with Gasteiger partial charge in [0.05, 0.1) is 6.04 Å². The fraction of sp³-hybridized carbons (Fsp3) is 0.933. The number of piperidine rings is 1. The molecule has 0 aromatic rings. The number of carbonyl (C=O) groups excluding carboxylic acids is 1. The predicted molar refractivity (Wildman–Crippen MR) is 78.1 cm³/mol. The second kappa shape index (κ2) is 7.25. The zero-order valence-electron chi connectivity index (χ0n) is 12.5. The van der Waals surface area contributed by atoms with Crippen LogP contribution < -0.4 is 10.6 Å². The van der Waals surface area contributed by atoms with Crippen LogP contribution in [0.4, 0.5) is 0 Å². The Labute approximate surface area is 117 Å². The summed E-state index contributed by atoms with van der Waals surface area (Å²) in [4.78, 5) is 14.6. The molecular weight excluding hydrogens is 238 g/mol. The molecule has 2 N–H and O–H groups in total. The molecule has 0 spiro atoms. The van der Waals surface area contributed by atoms with Crippen LogP contribution in [0, 0.1) is 5.92 Å². The first-order valence-electron chi connectivity index (χ1n) is 7.98. The number of hydrogen-bond acceptors (Lipinski definition) is 3. The number of hydrogen-bond donors (Lipinski definition) is 2. The molecule has 1 amide bonds. The quantitative estimate of drug-likeness (QED) is 0.790. The van der Waals surface area contributed by atoms with Crippen LogP contribution in [0.3, 0.4) is 0 Å². The van der Waals surface area contributed by atoms with Gasteiger partial charge in [0.1, 0.15) is 0 Å². The van der Waals surface area contributed by atoms with Crippen LogP contribution in [0.5, 0.6) is 0 Å². The van der Waals surface area contributed by atoms with E-state index in [-0.39, 0.29) is 11.9 Å². The van der Waals surface area contributed by atoms with E-state index in [0.717, 1.165) is 38.5 Å². The number of rotatable bonds is 5. The first kappa shape index (κ1) is 14.8. The van der Waals surface area contributed by atoms with Crippen molar-refractivity contribution in [1.29, 1.82) is 0 Å². The molecule has 19 heavy (non-hydrogen) atoms. The first-order chi connectivity index (χ1) is 9.24. The van der Waals surface area contributed by atoms with Crippen LogP contribution in [-0.2, 0) is 4.79 Å². The van der Waals surface area contributed by atoms with Gasteiger partial charge in [0.25, 0.3) is 0 Å². The normalized spacial score (nSPS) is 30.2. The molecule has 0 saturated carbocycles. The number of amides is 1. The largest absolute Gasteiger partial charge is 0.355 e. The molecule has 0 bridgehead atoms. The van der Waals surface area contributed by atoms with Crippen LogP contribution in [0.2, 0.25) is 0 Å². The third kappa shape index (κ3) is 3.69. The smallest absolute Gasteiger partial charge is 0.237 e. The molecule has 2 fully saturated rings. The maximum atomic E-state index is 12.1. The lowest BCUT2D eigenvalue weighted by molar-refractivity contribution is -0.126. The van der Waals surface area contributed by atoms with Gasteiger partial charge < -0.3 is 10.6 Å². The van der Waals surface area contributed by atoms with E-state index in [2.05, 4.69) is 29.4 Å². The minimum atomic E-state index is 0.0287. The van der Waals surface area contributed by atoms with Gasteiger partial charge in [-0.3, -0.25) is 9.69 Å². The Bertz CT molecular complexity index is 289. The molecule has 4 nitrogen and oxygen atoms in total. The van der Waals surface area contributed by atoms with Crippen molar-refractivity contribution < 1.29 is 4.79 Å². The zero-order chi connectivity index (χ0) is 13.7. The zero-order valence-corrected chi connectivity index (χ0v) is 12.5. The van der Waals surface area contributed by atoms with E-state index in [9.17, 15) is 4.79 Å². The van der Waals surface area contributed by atoms with Gasteiger partial charge in [-0.25, -0.2) is 0 Å². The van der Waals surface area contributed by atoms with E-state index >= 15 is 0 Å². The van der Waals surface area contributed by atoms with Crippen molar-refractivity contribution in [2.24, 2.45) is 5.92 Å². The molecule has 110 valence electrons. The number of carbonyl (C=O) groups is 1. The summed E-state index contributed by atoms with van der Waals surface area (Å²) < 4.78 is 0. The Morgan fingerprint density at radius 1 is 1.42 bits per heavy atom. The summed E-state index contributed by atoms with van der Waals surface area (Å²) in [5.41, 5.74) is 0. The van der Waals surface area contributed by atoms with Crippen LogP contribution in [0.15, 0.2) is 0 Å². The van der Waals surface area contributed by atoms with Gasteiger partial charge in [-0.05, 0) is 64.6 Å². The van der Waals surface area contributed by atoms with Gasteiger partial charge in [-0.15, -0.1) is 0 Å². The molecule has 2 aliphatic heterocycles. The Kier molecular flexibility index (Phi) is 5.64. The van der Waals surface area contributed by atoms with Gasteiger partial charge in [-0.2, -0.15) is 0 Å². The van der Waals surface area contributed by atoms with Gasteiger partial charge in [0, 0.05) is 12.6 Å². The second-order valence-electron chi connectivity index (χ2n) is 6.02. The average molecular weight is 267 g/mol. The summed E-state index contributed by atoms with van der Waals surface area (Å²) >= 11 is 0. The second-order valence-corrected chi connectivity index (χ2v) is 6.02. The van der Waals surface area contributed by atoms with E-state index in [4.69, 9.17) is 0 Å². The minimum absolute atomic E-state index is 0.0287. The van der Waals surface area contributed by atoms with Crippen molar-refractivity contribution in [2.45, 2.75) is 58.0 Å². The highest BCUT2D eigenvalue weighted by molar-refractivity contribution is 5.81. The lowest BCUT2D eigenvalue weighted by Gasteiger charge is -2.37. The third-order valence-corrected chi connectivity index (χ3v) is 4.65. The highest BCUT2D eigenvalue weighted by atomic mass is 16.2. The van der Waals surface area contributed by atoms with Gasteiger partial charge in [0.15, 0.2) is 0 Å². The highest BCUT2D eigenvalue weighted by Crippen LogP contribution is 2.29. The molecule has 3 atom stereocenters. The topological polar surface area (TPSA) is 44.4 Å². The molecule has 0 aromatic carbocycles. The van der Waals surface area contributed by atoms with Gasteiger partial charge in [-0.1, -0.05) is 6.92 Å². The van der Waals surface area contributed by atoms with Crippen molar-refractivity contribution >= 4 is 5.91 Å². The summed E-state index contributed by atoms with van der Waals surface area (Å²) in [6, 6.07) is 0.635. The summed E-state index contributed by atoms with van der Waals surface area (Å²) in [5, 5.41) is 6.54. The van der Waals surface area contributed by atoms with Gasteiger partial charge >= 0.3 is 0 Å². The number of nitrogens with one attached hydrogen (secondary N) is 2. The van der Waals surface area contributed by atoms with Crippen molar-refractivity contribution in [2.75, 3.05) is 26.2 Å². The van der Waals surface area contributed by atoms with Gasteiger partial charge in [0.2, 0.25) is 5.91 Å². The number of likely N-dealkylation sites (tertiary alicyclic amines) is 1. The number of nitrogens with zero attached hydrogens (tertiary/aromatic N) is 1. The van der Waals surface area contributed by atoms with E-state index in [0.29, 0.717) is 6.04 Å². The van der Waals surface area contributed by atoms with E-state index < -0.39 is 0 Å². The summed E-state index contributed by atoms with van der Waals surface area (Å²) in [6.45, 7) is 8.34. The van der Waals surface area contributed by atoms with Crippen molar-refractivity contribution in [3.8, 4) is 0 Å². The average Bonchev–Trinajstić information content (AvgIpc) is 2.94. The van der Waals surface area contributed by atoms with Crippen LogP contribution in [0.1, 0.15) is 46.0 Å². The molecule has 3 unspecified atom stereocenters. The molecule has 2 aliphatic rings.